The smallest absolute Gasteiger partial charge is 0.268 e. The molecule has 9 heteroatoms. The molecule has 380 valence electrons. The highest BCUT2D eigenvalue weighted by molar-refractivity contribution is 7.45. The third kappa shape index (κ3) is 49.9. The third-order valence-corrected chi connectivity index (χ3v) is 12.9. The number of carbonyl (C=O) groups excluding carboxylic acids is 1. The number of hydrogen-bond donors (Lipinski definition) is 2. The summed E-state index contributed by atoms with van der Waals surface area (Å²) in [5.41, 5.74) is 0. The molecule has 3 atom stereocenters. The van der Waals surface area contributed by atoms with Gasteiger partial charge in [-0.2, -0.15) is 0 Å². The molecule has 3 unspecified atom stereocenters. The minimum atomic E-state index is -4.60. The van der Waals surface area contributed by atoms with Crippen LogP contribution in [0.3, 0.4) is 0 Å². The maximum Gasteiger partial charge on any atom is 0.268 e. The van der Waals surface area contributed by atoms with Crippen LogP contribution in [0.4, 0.5) is 0 Å². The van der Waals surface area contributed by atoms with Crippen LogP contribution in [0.5, 0.6) is 0 Å². The number of amides is 1. The molecule has 0 saturated heterocycles. The van der Waals surface area contributed by atoms with Crippen molar-refractivity contribution in [2.24, 2.45) is 0 Å². The lowest BCUT2D eigenvalue weighted by Crippen LogP contribution is -2.45. The van der Waals surface area contributed by atoms with Crippen LogP contribution in [0.25, 0.3) is 0 Å². The molecule has 0 aliphatic carbocycles. The molecule has 0 aliphatic rings. The number of quaternary nitrogens is 1. The van der Waals surface area contributed by atoms with Crippen LogP contribution in [0.2, 0.25) is 0 Å². The number of allylic oxidation sites excluding steroid dienone is 9. The van der Waals surface area contributed by atoms with Crippen molar-refractivity contribution in [2.45, 2.75) is 251 Å². The first-order valence-corrected chi connectivity index (χ1v) is 28.6. The molecule has 0 spiro atoms. The van der Waals surface area contributed by atoms with Gasteiger partial charge in [0, 0.05) is 6.42 Å². The Morgan fingerprint density at radius 2 is 0.908 bits per heavy atom. The van der Waals surface area contributed by atoms with Gasteiger partial charge in [0.05, 0.1) is 39.9 Å². The Hall–Kier alpha value is -1.80. The van der Waals surface area contributed by atoms with Gasteiger partial charge < -0.3 is 28.8 Å². The molecule has 65 heavy (non-hydrogen) atoms. The van der Waals surface area contributed by atoms with Crippen LogP contribution in [-0.4, -0.2) is 68.5 Å². The highest BCUT2D eigenvalue weighted by atomic mass is 31.2. The average Bonchev–Trinajstić information content (AvgIpc) is 3.26. The predicted molar refractivity (Wildman–Crippen MR) is 279 cm³/mol. The number of hydrogen-bond acceptors (Lipinski definition) is 6. The van der Waals surface area contributed by atoms with Gasteiger partial charge in [-0.25, -0.2) is 0 Å². The van der Waals surface area contributed by atoms with Crippen LogP contribution < -0.4 is 10.2 Å². The number of aliphatic hydroxyl groups is 1. The van der Waals surface area contributed by atoms with Crippen molar-refractivity contribution in [3.8, 4) is 0 Å². The van der Waals surface area contributed by atoms with E-state index in [9.17, 15) is 19.4 Å². The van der Waals surface area contributed by atoms with E-state index in [1.165, 1.54) is 161 Å². The van der Waals surface area contributed by atoms with Crippen molar-refractivity contribution in [1.29, 1.82) is 0 Å². The van der Waals surface area contributed by atoms with E-state index in [4.69, 9.17) is 9.05 Å². The summed E-state index contributed by atoms with van der Waals surface area (Å²) >= 11 is 0. The number of phosphoric acid groups is 1. The number of phosphoric ester groups is 1. The summed E-state index contributed by atoms with van der Waals surface area (Å²) < 4.78 is 23.2. The number of nitrogens with one attached hydrogen (secondary N) is 1. The van der Waals surface area contributed by atoms with E-state index in [1.807, 2.05) is 27.2 Å². The normalized spacial score (nSPS) is 14.5. The van der Waals surface area contributed by atoms with Gasteiger partial charge in [0.25, 0.3) is 7.82 Å². The molecular formula is C56H105N2O6P. The third-order valence-electron chi connectivity index (χ3n) is 11.9. The minimum absolute atomic E-state index is 0.00990. The molecule has 0 fully saturated rings. The number of aliphatic hydroxyl groups excluding tert-OH is 1. The summed E-state index contributed by atoms with van der Waals surface area (Å²) in [6.07, 6.45) is 63.0. The molecular weight excluding hydrogens is 828 g/mol. The maximum absolute atomic E-state index is 12.9. The second kappa shape index (κ2) is 47.3. The lowest BCUT2D eigenvalue weighted by atomic mass is 10.0. The fraction of sp³-hybridized carbons (Fsp3) is 0.804. The number of rotatable bonds is 49. The first kappa shape index (κ1) is 63.2. The quantitative estimate of drug-likeness (QED) is 0.0272. The van der Waals surface area contributed by atoms with Crippen molar-refractivity contribution in [1.82, 2.24) is 5.32 Å². The van der Waals surface area contributed by atoms with Crippen LogP contribution >= 0.6 is 7.82 Å². The van der Waals surface area contributed by atoms with Crippen LogP contribution in [0.1, 0.15) is 239 Å². The Labute approximate surface area is 402 Å². The van der Waals surface area contributed by atoms with Gasteiger partial charge in [-0.1, -0.05) is 216 Å². The van der Waals surface area contributed by atoms with Gasteiger partial charge in [0.15, 0.2) is 0 Å². The SMILES string of the molecule is CCCCCC/C=C/CC/C=C/CC/C=C/C(O)C(COP(=O)([O-])OCC[N+](C)(C)C)NC(=O)CCCCCCCCCCCCCCCCCCC/C=C\C/C=C\CCCCCCC. The Balaban J connectivity index is 4.15. The summed E-state index contributed by atoms with van der Waals surface area (Å²) in [6.45, 7) is 4.59. The molecule has 0 radical (unpaired) electrons. The van der Waals surface area contributed by atoms with Crippen LogP contribution in [0.15, 0.2) is 60.8 Å². The predicted octanol–water partition coefficient (Wildman–Crippen LogP) is 15.5. The van der Waals surface area contributed by atoms with Crippen LogP contribution in [0, 0.1) is 0 Å². The summed E-state index contributed by atoms with van der Waals surface area (Å²) in [4.78, 5) is 25.4. The molecule has 0 aromatic rings. The molecule has 0 heterocycles. The molecule has 0 bridgehead atoms. The lowest BCUT2D eigenvalue weighted by molar-refractivity contribution is -0.870. The zero-order valence-electron chi connectivity index (χ0n) is 43.2. The fourth-order valence-electron chi connectivity index (χ4n) is 7.63. The van der Waals surface area contributed by atoms with E-state index in [0.717, 1.165) is 57.8 Å². The van der Waals surface area contributed by atoms with Crippen molar-refractivity contribution in [3.63, 3.8) is 0 Å². The molecule has 0 rings (SSSR count). The molecule has 0 aromatic heterocycles. The van der Waals surface area contributed by atoms with Crippen molar-refractivity contribution < 1.29 is 32.9 Å². The number of unbranched alkanes of at least 4 members (excludes halogenated alkanes) is 28. The number of carbonyl (C=O) groups is 1. The molecule has 2 N–H and O–H groups in total. The summed E-state index contributed by atoms with van der Waals surface area (Å²) in [5, 5.41) is 13.8. The zero-order valence-corrected chi connectivity index (χ0v) is 44.1. The van der Waals surface area contributed by atoms with E-state index in [0.29, 0.717) is 17.4 Å². The Morgan fingerprint density at radius 1 is 0.538 bits per heavy atom. The van der Waals surface area contributed by atoms with E-state index >= 15 is 0 Å². The molecule has 8 nitrogen and oxygen atoms in total. The molecule has 1 amide bonds. The Morgan fingerprint density at radius 3 is 1.35 bits per heavy atom. The summed E-state index contributed by atoms with van der Waals surface area (Å²) in [6, 6.07) is -0.910. The first-order valence-electron chi connectivity index (χ1n) is 27.2. The van der Waals surface area contributed by atoms with Crippen molar-refractivity contribution in [2.75, 3.05) is 40.9 Å². The van der Waals surface area contributed by atoms with Crippen LogP contribution in [-0.2, 0) is 18.4 Å². The van der Waals surface area contributed by atoms with Gasteiger partial charge in [0.2, 0.25) is 5.91 Å². The van der Waals surface area contributed by atoms with E-state index < -0.39 is 26.6 Å². The van der Waals surface area contributed by atoms with E-state index in [-0.39, 0.29) is 12.5 Å². The van der Waals surface area contributed by atoms with Crippen molar-refractivity contribution in [3.05, 3.63) is 60.8 Å². The van der Waals surface area contributed by atoms with E-state index in [1.54, 1.807) is 6.08 Å². The summed E-state index contributed by atoms with van der Waals surface area (Å²) in [5.74, 6) is -0.212. The second-order valence-corrected chi connectivity index (χ2v) is 21.0. The topological polar surface area (TPSA) is 108 Å². The molecule has 0 aliphatic heterocycles. The molecule has 0 saturated carbocycles. The largest absolute Gasteiger partial charge is 0.756 e. The highest BCUT2D eigenvalue weighted by Crippen LogP contribution is 2.38. The average molecular weight is 933 g/mol. The van der Waals surface area contributed by atoms with Gasteiger partial charge >= 0.3 is 0 Å². The summed E-state index contributed by atoms with van der Waals surface area (Å²) in [7, 11) is 1.23. The van der Waals surface area contributed by atoms with Gasteiger partial charge in [-0.3, -0.25) is 9.36 Å². The van der Waals surface area contributed by atoms with E-state index in [2.05, 4.69) is 67.8 Å². The Bertz CT molecular complexity index is 1240. The highest BCUT2D eigenvalue weighted by Gasteiger charge is 2.23. The number of likely N-dealkylation sites (N-methyl/N-ethyl adjacent to an activating group) is 1. The first-order chi connectivity index (χ1) is 31.5. The number of nitrogens with zero attached hydrogens (tertiary/aromatic N) is 1. The zero-order chi connectivity index (χ0) is 47.8. The van der Waals surface area contributed by atoms with Gasteiger partial charge in [-0.15, -0.1) is 0 Å². The maximum atomic E-state index is 12.9. The fourth-order valence-corrected chi connectivity index (χ4v) is 8.35. The van der Waals surface area contributed by atoms with Gasteiger partial charge in [-0.05, 0) is 77.0 Å². The standard InChI is InChI=1S/C56H105N2O6P/c1-6-8-10-12-14-16-18-20-22-23-24-25-26-27-28-29-30-31-32-33-34-35-36-38-40-42-44-46-48-50-56(60)57-54(53-64-65(61,62)63-52-51-58(3,4)5)55(59)49-47-45-43-41-39-37-21-19-17-15-13-11-9-7-2/h17-20,23-24,39,41,47,49,54-55,59H,6-16,21-22,25-38,40,42-46,48,50-53H2,1-5H3,(H-,57,60,61,62)/b19-17+,20-18-,24-23-,41-39+,49-47+. The van der Waals surface area contributed by atoms with Crippen molar-refractivity contribution >= 4 is 13.7 Å². The second-order valence-electron chi connectivity index (χ2n) is 19.6. The molecule has 0 aromatic carbocycles. The van der Waals surface area contributed by atoms with Gasteiger partial charge in [0.1, 0.15) is 13.2 Å². The monoisotopic (exact) mass is 933 g/mol. The lowest BCUT2D eigenvalue weighted by Gasteiger charge is -2.29. The minimum Gasteiger partial charge on any atom is -0.756 e. The Kier molecular flexibility index (Phi) is 46.0.